The van der Waals surface area contributed by atoms with Gasteiger partial charge >= 0.3 is 5.69 Å². The lowest BCUT2D eigenvalue weighted by Gasteiger charge is -2.08. The Labute approximate surface area is 119 Å². The molecule has 0 unspecified atom stereocenters. The van der Waals surface area contributed by atoms with E-state index >= 15 is 0 Å². The average molecular weight is 296 g/mol. The first-order chi connectivity index (χ1) is 9.18. The molecule has 0 saturated carbocycles. The summed E-state index contributed by atoms with van der Waals surface area (Å²) in [6.45, 7) is 0. The van der Waals surface area contributed by atoms with Crippen LogP contribution in [0.4, 0.5) is 11.4 Å². The van der Waals surface area contributed by atoms with Crippen molar-refractivity contribution in [3.63, 3.8) is 0 Å². The Kier molecular flexibility index (Phi) is 5.36. The van der Waals surface area contributed by atoms with Gasteiger partial charge in [0, 0.05) is 24.2 Å². The molecular weight excluding hydrogens is 286 g/mol. The standard InChI is InChI=1S/C11H9N5O3.ClH/c17-11(8-1-4-12-5-2-8)15-14-9-3-6-13-7-10(9)16(18)19;/h1-7H,(H,13,14)(H,15,17);1H. The molecule has 1 amide bonds. The molecule has 0 spiro atoms. The summed E-state index contributed by atoms with van der Waals surface area (Å²) in [5, 5.41) is 10.7. The van der Waals surface area contributed by atoms with Crippen LogP contribution in [0.15, 0.2) is 43.0 Å². The minimum atomic E-state index is -0.589. The maximum Gasteiger partial charge on any atom is 0.312 e. The van der Waals surface area contributed by atoms with Gasteiger partial charge in [-0.1, -0.05) is 0 Å². The van der Waals surface area contributed by atoms with Crippen molar-refractivity contribution in [2.45, 2.75) is 0 Å². The van der Waals surface area contributed by atoms with E-state index in [1.54, 1.807) is 0 Å². The zero-order chi connectivity index (χ0) is 13.7. The molecule has 0 radical (unpaired) electrons. The number of nitro groups is 1. The van der Waals surface area contributed by atoms with E-state index in [-0.39, 0.29) is 23.8 Å². The van der Waals surface area contributed by atoms with Gasteiger partial charge < -0.3 is 0 Å². The number of halogens is 1. The molecule has 0 aromatic carbocycles. The number of hydrogen-bond donors (Lipinski definition) is 2. The molecule has 104 valence electrons. The number of amides is 1. The topological polar surface area (TPSA) is 110 Å². The largest absolute Gasteiger partial charge is 0.312 e. The molecule has 0 aliphatic carbocycles. The summed E-state index contributed by atoms with van der Waals surface area (Å²) in [7, 11) is 0. The first-order valence-electron chi connectivity index (χ1n) is 5.23. The molecule has 2 heterocycles. The van der Waals surface area contributed by atoms with Gasteiger partial charge in [0.1, 0.15) is 11.9 Å². The Hall–Kier alpha value is -2.74. The zero-order valence-electron chi connectivity index (χ0n) is 10.0. The molecule has 9 heteroatoms. The fourth-order valence-electron chi connectivity index (χ4n) is 1.34. The molecule has 2 N–H and O–H groups in total. The summed E-state index contributed by atoms with van der Waals surface area (Å²) >= 11 is 0. The first-order valence-corrected chi connectivity index (χ1v) is 5.23. The van der Waals surface area contributed by atoms with Crippen LogP contribution in [-0.4, -0.2) is 20.8 Å². The zero-order valence-corrected chi connectivity index (χ0v) is 10.8. The highest BCUT2D eigenvalue weighted by atomic mass is 35.5. The second-order valence-corrected chi connectivity index (χ2v) is 3.46. The van der Waals surface area contributed by atoms with Crippen LogP contribution in [0, 0.1) is 10.1 Å². The van der Waals surface area contributed by atoms with Crippen LogP contribution in [0.25, 0.3) is 0 Å². The van der Waals surface area contributed by atoms with E-state index in [0.717, 1.165) is 6.20 Å². The van der Waals surface area contributed by atoms with Crippen molar-refractivity contribution in [1.82, 2.24) is 15.4 Å². The molecule has 0 aliphatic heterocycles. The van der Waals surface area contributed by atoms with Crippen molar-refractivity contribution >= 4 is 29.7 Å². The number of nitrogens with zero attached hydrogens (tertiary/aromatic N) is 3. The third kappa shape index (κ3) is 3.62. The van der Waals surface area contributed by atoms with Gasteiger partial charge in [0.15, 0.2) is 0 Å². The van der Waals surface area contributed by atoms with E-state index < -0.39 is 10.8 Å². The Bertz CT molecular complexity index is 608. The SMILES string of the molecule is Cl.O=C(NNc1ccncc1[N+](=O)[O-])c1ccncc1. The van der Waals surface area contributed by atoms with Gasteiger partial charge in [0.2, 0.25) is 0 Å². The summed E-state index contributed by atoms with van der Waals surface area (Å²) in [6, 6.07) is 4.45. The third-order valence-corrected chi connectivity index (χ3v) is 2.25. The fraction of sp³-hybridized carbons (Fsp3) is 0. The van der Waals surface area contributed by atoms with Crippen molar-refractivity contribution in [2.75, 3.05) is 5.43 Å². The highest BCUT2D eigenvalue weighted by Gasteiger charge is 2.13. The van der Waals surface area contributed by atoms with Crippen molar-refractivity contribution in [1.29, 1.82) is 0 Å². The number of hydrogen-bond acceptors (Lipinski definition) is 6. The highest BCUT2D eigenvalue weighted by Crippen LogP contribution is 2.20. The van der Waals surface area contributed by atoms with Gasteiger partial charge in [-0.05, 0) is 18.2 Å². The maximum atomic E-state index is 11.7. The van der Waals surface area contributed by atoms with Gasteiger partial charge in [-0.25, -0.2) is 0 Å². The summed E-state index contributed by atoms with van der Waals surface area (Å²) in [4.78, 5) is 29.3. The monoisotopic (exact) mass is 295 g/mol. The van der Waals surface area contributed by atoms with E-state index in [9.17, 15) is 14.9 Å². The average Bonchev–Trinajstić information content (AvgIpc) is 2.46. The fourth-order valence-corrected chi connectivity index (χ4v) is 1.34. The van der Waals surface area contributed by atoms with Crippen LogP contribution in [0.1, 0.15) is 10.4 Å². The molecule has 0 bridgehead atoms. The molecule has 2 aromatic rings. The molecule has 0 fully saturated rings. The van der Waals surface area contributed by atoms with Crippen molar-refractivity contribution < 1.29 is 9.72 Å². The number of rotatable bonds is 4. The Morgan fingerprint density at radius 3 is 2.45 bits per heavy atom. The number of hydrazine groups is 1. The number of pyridine rings is 2. The summed E-state index contributed by atoms with van der Waals surface area (Å²) < 4.78 is 0. The molecular formula is C11H10ClN5O3. The molecule has 0 atom stereocenters. The smallest absolute Gasteiger partial charge is 0.292 e. The second-order valence-electron chi connectivity index (χ2n) is 3.46. The number of aromatic nitrogens is 2. The molecule has 0 aliphatic rings. The molecule has 0 saturated heterocycles. The van der Waals surface area contributed by atoms with Crippen molar-refractivity contribution in [3.8, 4) is 0 Å². The second kappa shape index (κ2) is 7.00. The van der Waals surface area contributed by atoms with Crippen LogP contribution >= 0.6 is 12.4 Å². The lowest BCUT2D eigenvalue weighted by Crippen LogP contribution is -2.29. The first kappa shape index (κ1) is 15.3. The predicted octanol–water partition coefficient (Wildman–Crippen LogP) is 1.56. The molecule has 2 aromatic heterocycles. The van der Waals surface area contributed by atoms with E-state index in [0.29, 0.717) is 5.56 Å². The van der Waals surface area contributed by atoms with E-state index in [1.165, 1.54) is 36.8 Å². The minimum Gasteiger partial charge on any atom is -0.292 e. The lowest BCUT2D eigenvalue weighted by molar-refractivity contribution is -0.384. The summed E-state index contributed by atoms with van der Waals surface area (Å²) in [5.41, 5.74) is 5.17. The van der Waals surface area contributed by atoms with E-state index in [1.807, 2.05) is 0 Å². The third-order valence-electron chi connectivity index (χ3n) is 2.25. The van der Waals surface area contributed by atoms with Gasteiger partial charge in [-0.15, -0.1) is 12.4 Å². The Morgan fingerprint density at radius 2 is 1.80 bits per heavy atom. The van der Waals surface area contributed by atoms with Crippen LogP contribution in [0.5, 0.6) is 0 Å². The van der Waals surface area contributed by atoms with Gasteiger partial charge in [-0.2, -0.15) is 0 Å². The highest BCUT2D eigenvalue weighted by molar-refractivity contribution is 5.94. The molecule has 20 heavy (non-hydrogen) atoms. The van der Waals surface area contributed by atoms with Crippen molar-refractivity contribution in [3.05, 3.63) is 58.7 Å². The van der Waals surface area contributed by atoms with Crippen LogP contribution < -0.4 is 10.9 Å². The van der Waals surface area contributed by atoms with Crippen LogP contribution in [0.2, 0.25) is 0 Å². The number of anilines is 1. The van der Waals surface area contributed by atoms with Crippen LogP contribution in [-0.2, 0) is 0 Å². The summed E-state index contributed by atoms with van der Waals surface area (Å²) in [5.74, 6) is -0.423. The number of carbonyl (C=O) groups is 1. The Morgan fingerprint density at radius 1 is 1.15 bits per heavy atom. The van der Waals surface area contributed by atoms with E-state index in [4.69, 9.17) is 0 Å². The molecule has 2 rings (SSSR count). The number of nitrogens with one attached hydrogen (secondary N) is 2. The van der Waals surface area contributed by atoms with E-state index in [2.05, 4.69) is 20.8 Å². The van der Waals surface area contributed by atoms with Gasteiger partial charge in [0.25, 0.3) is 5.91 Å². The quantitative estimate of drug-likeness (QED) is 0.654. The maximum absolute atomic E-state index is 11.7. The van der Waals surface area contributed by atoms with Crippen LogP contribution in [0.3, 0.4) is 0 Å². The lowest BCUT2D eigenvalue weighted by atomic mass is 10.2. The predicted molar refractivity (Wildman–Crippen MR) is 73.5 cm³/mol. The Balaban J connectivity index is 0.00000200. The van der Waals surface area contributed by atoms with Gasteiger partial charge in [-0.3, -0.25) is 35.7 Å². The molecule has 8 nitrogen and oxygen atoms in total. The van der Waals surface area contributed by atoms with Crippen molar-refractivity contribution in [2.24, 2.45) is 0 Å². The number of carbonyl (C=O) groups excluding carboxylic acids is 1. The normalized spacial score (nSPS) is 9.20. The van der Waals surface area contributed by atoms with Gasteiger partial charge in [0.05, 0.1) is 4.92 Å². The minimum absolute atomic E-state index is 0. The summed E-state index contributed by atoms with van der Waals surface area (Å²) in [6.07, 6.45) is 5.43.